The molecule has 1 unspecified atom stereocenters. The second-order valence-electron chi connectivity index (χ2n) is 6.69. The summed E-state index contributed by atoms with van der Waals surface area (Å²) in [5.74, 6) is 2.36. The summed E-state index contributed by atoms with van der Waals surface area (Å²) in [6, 6.07) is 8.31. The highest BCUT2D eigenvalue weighted by Gasteiger charge is 2.27. The molecule has 2 aliphatic heterocycles. The molecule has 1 N–H and O–H groups in total. The van der Waals surface area contributed by atoms with Crippen LogP contribution in [0.4, 0.5) is 0 Å². The summed E-state index contributed by atoms with van der Waals surface area (Å²) in [5.41, 5.74) is 1.33. The lowest BCUT2D eigenvalue weighted by Gasteiger charge is -2.23. The number of amides is 1. The van der Waals surface area contributed by atoms with E-state index in [0.717, 1.165) is 57.2 Å². The first-order chi connectivity index (χ1) is 12.2. The summed E-state index contributed by atoms with van der Waals surface area (Å²) in [5, 5.41) is 3.24. The zero-order valence-electron chi connectivity index (χ0n) is 15.6. The number of hydrogen-bond acceptors (Lipinski definition) is 3. The fourth-order valence-electron chi connectivity index (χ4n) is 3.67. The van der Waals surface area contributed by atoms with E-state index >= 15 is 0 Å². The van der Waals surface area contributed by atoms with Gasteiger partial charge in [0.25, 0.3) is 0 Å². The number of rotatable bonds is 4. The smallest absolute Gasteiger partial charge is 0.241 e. The van der Waals surface area contributed by atoms with Gasteiger partial charge in [-0.2, -0.15) is 0 Å². The topological polar surface area (TPSA) is 57.2 Å². The number of nitrogens with one attached hydrogen (secondary N) is 1. The maximum absolute atomic E-state index is 12.2. The molecule has 0 aliphatic carbocycles. The van der Waals surface area contributed by atoms with Crippen molar-refractivity contribution in [3.05, 3.63) is 29.8 Å². The van der Waals surface area contributed by atoms with Crippen LogP contribution in [0.25, 0.3) is 0 Å². The van der Waals surface area contributed by atoms with Gasteiger partial charge in [-0.15, -0.1) is 24.0 Å². The molecular formula is C19H29IN4O2. The Morgan fingerprint density at radius 2 is 1.88 bits per heavy atom. The molecule has 0 saturated carbocycles. The van der Waals surface area contributed by atoms with Crippen LogP contribution in [0.15, 0.2) is 29.3 Å². The largest absolute Gasteiger partial charge is 0.497 e. The highest BCUT2D eigenvalue weighted by atomic mass is 127. The minimum absolute atomic E-state index is 0. The van der Waals surface area contributed by atoms with E-state index in [0.29, 0.717) is 12.5 Å². The Kier molecular flexibility index (Phi) is 7.99. The van der Waals surface area contributed by atoms with Gasteiger partial charge in [-0.25, -0.2) is 0 Å². The zero-order valence-corrected chi connectivity index (χ0v) is 17.9. The Hall–Kier alpha value is -1.51. The lowest BCUT2D eigenvalue weighted by Crippen LogP contribution is -2.45. The average molecular weight is 472 g/mol. The van der Waals surface area contributed by atoms with Crippen LogP contribution in [-0.4, -0.2) is 68.5 Å². The summed E-state index contributed by atoms with van der Waals surface area (Å²) >= 11 is 0. The first kappa shape index (κ1) is 20.8. The Bertz CT molecular complexity index is 614. The number of guanidine groups is 1. The van der Waals surface area contributed by atoms with E-state index in [1.165, 1.54) is 5.56 Å². The SMILES string of the molecule is CN=C(NCC(=O)N1CCCC1)N1CCC(c2ccc(OC)cc2)C1.I. The number of ether oxygens (including phenoxy) is 1. The number of aliphatic imine (C=N–C) groups is 1. The number of carbonyl (C=O) groups is 1. The van der Waals surface area contributed by atoms with E-state index in [1.54, 1.807) is 14.2 Å². The maximum Gasteiger partial charge on any atom is 0.241 e. The van der Waals surface area contributed by atoms with Gasteiger partial charge in [0, 0.05) is 39.1 Å². The van der Waals surface area contributed by atoms with Gasteiger partial charge in [-0.3, -0.25) is 9.79 Å². The molecule has 0 radical (unpaired) electrons. The highest BCUT2D eigenvalue weighted by molar-refractivity contribution is 14.0. The lowest BCUT2D eigenvalue weighted by molar-refractivity contribution is -0.128. The van der Waals surface area contributed by atoms with Gasteiger partial charge in [-0.05, 0) is 37.0 Å². The van der Waals surface area contributed by atoms with E-state index in [1.807, 2.05) is 17.0 Å². The van der Waals surface area contributed by atoms with Gasteiger partial charge in [0.2, 0.25) is 5.91 Å². The van der Waals surface area contributed by atoms with E-state index in [2.05, 4.69) is 27.3 Å². The van der Waals surface area contributed by atoms with Gasteiger partial charge >= 0.3 is 0 Å². The van der Waals surface area contributed by atoms with Crippen LogP contribution < -0.4 is 10.1 Å². The molecule has 26 heavy (non-hydrogen) atoms. The molecule has 0 aromatic heterocycles. The van der Waals surface area contributed by atoms with Crippen LogP contribution in [0.2, 0.25) is 0 Å². The molecule has 1 atom stereocenters. The quantitative estimate of drug-likeness (QED) is 0.415. The predicted octanol–water partition coefficient (Wildman–Crippen LogP) is 2.30. The van der Waals surface area contributed by atoms with Gasteiger partial charge < -0.3 is 19.9 Å². The Balaban J connectivity index is 0.00000243. The van der Waals surface area contributed by atoms with Crippen LogP contribution in [-0.2, 0) is 4.79 Å². The van der Waals surface area contributed by atoms with Crippen molar-refractivity contribution < 1.29 is 9.53 Å². The summed E-state index contributed by atoms with van der Waals surface area (Å²) in [6.45, 7) is 3.99. The van der Waals surface area contributed by atoms with Crippen molar-refractivity contribution in [2.24, 2.45) is 4.99 Å². The molecule has 3 rings (SSSR count). The van der Waals surface area contributed by atoms with Gasteiger partial charge in [-0.1, -0.05) is 12.1 Å². The molecule has 1 amide bonds. The predicted molar refractivity (Wildman–Crippen MR) is 115 cm³/mol. The van der Waals surface area contributed by atoms with Crippen LogP contribution in [0.5, 0.6) is 5.75 Å². The third kappa shape index (κ3) is 5.02. The van der Waals surface area contributed by atoms with Gasteiger partial charge in [0.15, 0.2) is 5.96 Å². The number of likely N-dealkylation sites (tertiary alicyclic amines) is 2. The molecule has 1 aromatic rings. The molecule has 0 bridgehead atoms. The van der Waals surface area contributed by atoms with Gasteiger partial charge in [0.05, 0.1) is 13.7 Å². The first-order valence-corrected chi connectivity index (χ1v) is 9.08. The fraction of sp³-hybridized carbons (Fsp3) is 0.579. The summed E-state index contributed by atoms with van der Waals surface area (Å²) < 4.78 is 5.23. The maximum atomic E-state index is 12.2. The molecule has 144 valence electrons. The lowest BCUT2D eigenvalue weighted by atomic mass is 9.98. The number of carbonyl (C=O) groups excluding carboxylic acids is 1. The minimum Gasteiger partial charge on any atom is -0.497 e. The third-order valence-corrected chi connectivity index (χ3v) is 5.14. The molecule has 0 spiro atoms. The summed E-state index contributed by atoms with van der Waals surface area (Å²) in [6.07, 6.45) is 3.33. The van der Waals surface area contributed by atoms with Crippen molar-refractivity contribution in [2.75, 3.05) is 46.9 Å². The van der Waals surface area contributed by atoms with Crippen molar-refractivity contribution in [1.82, 2.24) is 15.1 Å². The summed E-state index contributed by atoms with van der Waals surface area (Å²) in [7, 11) is 3.47. The molecule has 2 fully saturated rings. The number of hydrogen-bond donors (Lipinski definition) is 1. The standard InChI is InChI=1S/C19H28N4O2.HI/c1-20-19(21-13-18(24)22-10-3-4-11-22)23-12-9-16(14-23)15-5-7-17(25-2)8-6-15;/h5-8,16H,3-4,9-14H2,1-2H3,(H,20,21);1H. The normalized spacial score (nSPS) is 20.1. The first-order valence-electron chi connectivity index (χ1n) is 9.08. The molecule has 2 heterocycles. The third-order valence-electron chi connectivity index (χ3n) is 5.14. The number of benzene rings is 1. The average Bonchev–Trinajstić information content (AvgIpc) is 3.34. The van der Waals surface area contributed by atoms with Crippen molar-refractivity contribution in [3.63, 3.8) is 0 Å². The zero-order chi connectivity index (χ0) is 17.6. The Labute approximate surface area is 173 Å². The molecule has 1 aromatic carbocycles. The Morgan fingerprint density at radius 3 is 2.50 bits per heavy atom. The molecule has 2 aliphatic rings. The second-order valence-corrected chi connectivity index (χ2v) is 6.69. The van der Waals surface area contributed by atoms with Gasteiger partial charge in [0.1, 0.15) is 5.75 Å². The number of methoxy groups -OCH3 is 1. The van der Waals surface area contributed by atoms with Crippen molar-refractivity contribution >= 4 is 35.8 Å². The summed E-state index contributed by atoms with van der Waals surface area (Å²) in [4.78, 5) is 20.7. The van der Waals surface area contributed by atoms with Crippen LogP contribution in [0.3, 0.4) is 0 Å². The van der Waals surface area contributed by atoms with Crippen LogP contribution in [0, 0.1) is 0 Å². The number of nitrogens with zero attached hydrogens (tertiary/aromatic N) is 3. The van der Waals surface area contributed by atoms with Crippen molar-refractivity contribution in [1.29, 1.82) is 0 Å². The monoisotopic (exact) mass is 472 g/mol. The van der Waals surface area contributed by atoms with E-state index in [9.17, 15) is 4.79 Å². The highest BCUT2D eigenvalue weighted by Crippen LogP contribution is 2.28. The molecular weight excluding hydrogens is 443 g/mol. The van der Waals surface area contributed by atoms with Crippen molar-refractivity contribution in [2.45, 2.75) is 25.2 Å². The van der Waals surface area contributed by atoms with Crippen LogP contribution in [0.1, 0.15) is 30.7 Å². The van der Waals surface area contributed by atoms with Crippen LogP contribution >= 0.6 is 24.0 Å². The number of halogens is 1. The van der Waals surface area contributed by atoms with E-state index < -0.39 is 0 Å². The van der Waals surface area contributed by atoms with E-state index in [4.69, 9.17) is 4.74 Å². The minimum atomic E-state index is 0. The molecule has 6 nitrogen and oxygen atoms in total. The molecule has 2 saturated heterocycles. The van der Waals surface area contributed by atoms with E-state index in [-0.39, 0.29) is 29.9 Å². The fourth-order valence-corrected chi connectivity index (χ4v) is 3.67. The Morgan fingerprint density at radius 1 is 1.19 bits per heavy atom. The van der Waals surface area contributed by atoms with Crippen molar-refractivity contribution in [3.8, 4) is 5.75 Å². The second kappa shape index (κ2) is 9.99. The molecule has 7 heteroatoms.